The number of nitrogens with zero attached hydrogens (tertiary/aromatic N) is 5. The summed E-state index contributed by atoms with van der Waals surface area (Å²) in [5, 5.41) is 11.0. The summed E-state index contributed by atoms with van der Waals surface area (Å²) in [6.07, 6.45) is 12.4. The van der Waals surface area contributed by atoms with Gasteiger partial charge in [0.25, 0.3) is 0 Å². The van der Waals surface area contributed by atoms with Crippen LogP contribution >= 0.6 is 11.3 Å². The van der Waals surface area contributed by atoms with Gasteiger partial charge in [0.2, 0.25) is 0 Å². The van der Waals surface area contributed by atoms with E-state index in [2.05, 4.69) is 43.7 Å². The number of aromatic nitrogens is 5. The Balaban J connectivity index is 1.69. The Kier molecular flexibility index (Phi) is 3.99. The second-order valence-corrected chi connectivity index (χ2v) is 7.28. The maximum Gasteiger partial charge on any atom is 0.161 e. The van der Waals surface area contributed by atoms with E-state index in [9.17, 15) is 0 Å². The Bertz CT molecular complexity index is 752. The van der Waals surface area contributed by atoms with Gasteiger partial charge in [0.15, 0.2) is 5.82 Å². The van der Waals surface area contributed by atoms with E-state index in [1.807, 2.05) is 29.1 Å². The summed E-state index contributed by atoms with van der Waals surface area (Å²) in [6, 6.07) is 4.66. The van der Waals surface area contributed by atoms with E-state index < -0.39 is 0 Å². The van der Waals surface area contributed by atoms with Crippen molar-refractivity contribution < 1.29 is 0 Å². The lowest BCUT2D eigenvalue weighted by Gasteiger charge is -2.29. The van der Waals surface area contributed by atoms with Crippen LogP contribution in [-0.4, -0.2) is 24.5 Å². The first kappa shape index (κ1) is 14.6. The SMILES string of the molecule is Cn1ccnc1-c1cn(C(c2cccs2)C2CCCCC2)nn1. The molecule has 6 heteroatoms. The molecule has 1 aliphatic rings. The lowest BCUT2D eigenvalue weighted by molar-refractivity contribution is 0.266. The minimum atomic E-state index is 0.303. The Labute approximate surface area is 140 Å². The van der Waals surface area contributed by atoms with Crippen molar-refractivity contribution in [2.75, 3.05) is 0 Å². The minimum Gasteiger partial charge on any atom is -0.333 e. The summed E-state index contributed by atoms with van der Waals surface area (Å²) in [5.41, 5.74) is 0.842. The van der Waals surface area contributed by atoms with E-state index in [0.717, 1.165) is 11.5 Å². The van der Waals surface area contributed by atoms with Crippen molar-refractivity contribution in [1.82, 2.24) is 24.5 Å². The molecule has 0 bridgehead atoms. The molecule has 1 fully saturated rings. The van der Waals surface area contributed by atoms with E-state index in [-0.39, 0.29) is 0 Å². The zero-order valence-electron chi connectivity index (χ0n) is 13.3. The molecule has 1 atom stereocenters. The van der Waals surface area contributed by atoms with Crippen molar-refractivity contribution in [3.63, 3.8) is 0 Å². The molecule has 4 rings (SSSR count). The largest absolute Gasteiger partial charge is 0.333 e. The Morgan fingerprint density at radius 1 is 1.26 bits per heavy atom. The van der Waals surface area contributed by atoms with Gasteiger partial charge >= 0.3 is 0 Å². The van der Waals surface area contributed by atoms with Crippen LogP contribution in [0.5, 0.6) is 0 Å². The molecular weight excluding hydrogens is 306 g/mol. The van der Waals surface area contributed by atoms with Crippen molar-refractivity contribution in [3.8, 4) is 11.5 Å². The number of hydrogen-bond acceptors (Lipinski definition) is 4. The van der Waals surface area contributed by atoms with Gasteiger partial charge < -0.3 is 4.57 Å². The second kappa shape index (κ2) is 6.28. The molecule has 0 saturated heterocycles. The average molecular weight is 327 g/mol. The zero-order valence-corrected chi connectivity index (χ0v) is 14.1. The molecule has 3 aromatic rings. The van der Waals surface area contributed by atoms with Gasteiger partial charge in [0.1, 0.15) is 5.69 Å². The standard InChI is InChI=1S/C17H21N5S/c1-21-10-9-18-17(21)14-12-22(20-19-14)16(15-8-5-11-23-15)13-6-3-2-4-7-13/h5,8-13,16H,2-4,6-7H2,1H3. The molecular formula is C17H21N5S. The first-order chi connectivity index (χ1) is 11.3. The maximum atomic E-state index is 4.46. The van der Waals surface area contributed by atoms with Gasteiger partial charge in [-0.1, -0.05) is 30.5 Å². The van der Waals surface area contributed by atoms with E-state index in [1.54, 1.807) is 6.20 Å². The van der Waals surface area contributed by atoms with Crippen LogP contribution in [-0.2, 0) is 7.05 Å². The third-order valence-corrected chi connectivity index (χ3v) is 5.72. The molecule has 23 heavy (non-hydrogen) atoms. The van der Waals surface area contributed by atoms with Crippen LogP contribution in [0.4, 0.5) is 0 Å². The summed E-state index contributed by atoms with van der Waals surface area (Å²) in [5.74, 6) is 1.52. The maximum absolute atomic E-state index is 4.46. The van der Waals surface area contributed by atoms with Crippen LogP contribution in [0.2, 0.25) is 0 Å². The summed E-state index contributed by atoms with van der Waals surface area (Å²) < 4.78 is 4.04. The second-order valence-electron chi connectivity index (χ2n) is 6.30. The van der Waals surface area contributed by atoms with Crippen molar-refractivity contribution >= 4 is 11.3 Å². The van der Waals surface area contributed by atoms with Gasteiger partial charge in [-0.15, -0.1) is 16.4 Å². The molecule has 1 aliphatic carbocycles. The third kappa shape index (κ3) is 2.83. The smallest absolute Gasteiger partial charge is 0.161 e. The van der Waals surface area contributed by atoms with E-state index in [0.29, 0.717) is 12.0 Å². The average Bonchev–Trinajstić information content (AvgIpc) is 3.31. The van der Waals surface area contributed by atoms with Crippen LogP contribution in [0.25, 0.3) is 11.5 Å². The highest BCUT2D eigenvalue weighted by Crippen LogP contribution is 2.38. The van der Waals surface area contributed by atoms with Gasteiger partial charge in [-0.25, -0.2) is 9.67 Å². The predicted molar refractivity (Wildman–Crippen MR) is 91.3 cm³/mol. The molecule has 0 radical (unpaired) electrons. The molecule has 1 unspecified atom stereocenters. The molecule has 0 spiro atoms. The number of thiophene rings is 1. The van der Waals surface area contributed by atoms with Gasteiger partial charge in [0.05, 0.1) is 12.2 Å². The number of hydrogen-bond donors (Lipinski definition) is 0. The molecule has 0 aliphatic heterocycles. The van der Waals surface area contributed by atoms with Crippen LogP contribution in [0, 0.1) is 5.92 Å². The van der Waals surface area contributed by atoms with Crippen molar-refractivity contribution in [1.29, 1.82) is 0 Å². The zero-order chi connectivity index (χ0) is 15.6. The summed E-state index contributed by atoms with van der Waals surface area (Å²) in [4.78, 5) is 5.77. The molecule has 5 nitrogen and oxygen atoms in total. The van der Waals surface area contributed by atoms with E-state index >= 15 is 0 Å². The van der Waals surface area contributed by atoms with Gasteiger partial charge in [0, 0.05) is 24.3 Å². The van der Waals surface area contributed by atoms with Crippen LogP contribution in [0.3, 0.4) is 0 Å². The van der Waals surface area contributed by atoms with Crippen LogP contribution in [0.15, 0.2) is 36.1 Å². The van der Waals surface area contributed by atoms with E-state index in [1.165, 1.54) is 37.0 Å². The highest BCUT2D eigenvalue weighted by Gasteiger charge is 2.28. The molecule has 3 heterocycles. The quantitative estimate of drug-likeness (QED) is 0.730. The highest BCUT2D eigenvalue weighted by molar-refractivity contribution is 7.10. The first-order valence-electron chi connectivity index (χ1n) is 8.26. The highest BCUT2D eigenvalue weighted by atomic mass is 32.1. The van der Waals surface area contributed by atoms with Crippen molar-refractivity contribution in [2.24, 2.45) is 13.0 Å². The van der Waals surface area contributed by atoms with Gasteiger partial charge in [-0.05, 0) is 30.2 Å². The van der Waals surface area contributed by atoms with Crippen molar-refractivity contribution in [2.45, 2.75) is 38.1 Å². The molecule has 1 saturated carbocycles. The lowest BCUT2D eigenvalue weighted by atomic mass is 9.83. The van der Waals surface area contributed by atoms with Crippen LogP contribution < -0.4 is 0 Å². The number of imidazole rings is 1. The Morgan fingerprint density at radius 3 is 2.83 bits per heavy atom. The van der Waals surface area contributed by atoms with Gasteiger partial charge in [-0.2, -0.15) is 0 Å². The first-order valence-corrected chi connectivity index (χ1v) is 9.14. The summed E-state index contributed by atoms with van der Waals surface area (Å²) in [7, 11) is 1.99. The topological polar surface area (TPSA) is 48.5 Å². The predicted octanol–water partition coefficient (Wildman–Crippen LogP) is 3.91. The lowest BCUT2D eigenvalue weighted by Crippen LogP contribution is -2.22. The Morgan fingerprint density at radius 2 is 2.13 bits per heavy atom. The van der Waals surface area contributed by atoms with Gasteiger partial charge in [-0.3, -0.25) is 0 Å². The van der Waals surface area contributed by atoms with E-state index in [4.69, 9.17) is 0 Å². The number of aryl methyl sites for hydroxylation is 1. The van der Waals surface area contributed by atoms with Crippen LogP contribution in [0.1, 0.15) is 43.0 Å². The fourth-order valence-electron chi connectivity index (χ4n) is 3.62. The number of rotatable bonds is 4. The molecule has 120 valence electrons. The fourth-order valence-corrected chi connectivity index (χ4v) is 4.53. The summed E-state index contributed by atoms with van der Waals surface area (Å²) >= 11 is 1.82. The molecule has 0 amide bonds. The normalized spacial score (nSPS) is 17.4. The fraction of sp³-hybridized carbons (Fsp3) is 0.471. The third-order valence-electron chi connectivity index (χ3n) is 4.78. The minimum absolute atomic E-state index is 0.303. The Hall–Kier alpha value is -1.95. The molecule has 0 aromatic carbocycles. The molecule has 3 aromatic heterocycles. The molecule has 0 N–H and O–H groups in total. The van der Waals surface area contributed by atoms with Crippen molar-refractivity contribution in [3.05, 3.63) is 41.0 Å². The summed E-state index contributed by atoms with van der Waals surface area (Å²) in [6.45, 7) is 0. The monoisotopic (exact) mass is 327 g/mol.